The Morgan fingerprint density at radius 3 is 2.33 bits per heavy atom. The van der Waals surface area contributed by atoms with Gasteiger partial charge in [-0.1, -0.05) is 17.7 Å². The zero-order valence-electron chi connectivity index (χ0n) is 18.5. The van der Waals surface area contributed by atoms with Gasteiger partial charge in [0.1, 0.15) is 5.75 Å². The van der Waals surface area contributed by atoms with Gasteiger partial charge in [0.05, 0.1) is 38.3 Å². The molecule has 1 aliphatic rings. The maximum absolute atomic E-state index is 13.7. The van der Waals surface area contributed by atoms with Crippen molar-refractivity contribution < 1.29 is 23.8 Å². The van der Waals surface area contributed by atoms with Crippen LogP contribution in [0.4, 0.5) is 5.69 Å². The number of fused-ring (bicyclic) bond motifs is 1. The molecule has 1 aromatic heterocycles. The molecule has 2 aromatic carbocycles. The van der Waals surface area contributed by atoms with Gasteiger partial charge in [-0.15, -0.1) is 11.3 Å². The van der Waals surface area contributed by atoms with Crippen molar-refractivity contribution in [3.8, 4) is 17.2 Å². The third-order valence-corrected chi connectivity index (χ3v) is 6.95. The molecular weight excluding hydrogens is 464 g/mol. The highest BCUT2D eigenvalue weighted by Crippen LogP contribution is 2.47. The first kappa shape index (κ1) is 22.9. The van der Waals surface area contributed by atoms with Gasteiger partial charge in [0, 0.05) is 23.2 Å². The Morgan fingerprint density at radius 1 is 1.03 bits per heavy atom. The highest BCUT2D eigenvalue weighted by Gasteiger charge is 2.44. The maximum Gasteiger partial charge on any atom is 0.254 e. The summed E-state index contributed by atoms with van der Waals surface area (Å²) >= 11 is 7.74. The molecule has 2 unspecified atom stereocenters. The third kappa shape index (κ3) is 4.12. The molecule has 0 fully saturated rings. The minimum Gasteiger partial charge on any atom is -0.495 e. The van der Waals surface area contributed by atoms with Crippen molar-refractivity contribution >= 4 is 40.4 Å². The number of carbonyl (C=O) groups is 2. The molecule has 33 heavy (non-hydrogen) atoms. The number of halogens is 1. The quantitative estimate of drug-likeness (QED) is 0.532. The summed E-state index contributed by atoms with van der Waals surface area (Å²) in [6.07, 6.45) is 0. The average Bonchev–Trinajstić information content (AvgIpc) is 3.34. The zero-order valence-corrected chi connectivity index (χ0v) is 20.1. The fourth-order valence-corrected chi connectivity index (χ4v) is 5.27. The average molecular weight is 487 g/mol. The molecule has 2 atom stereocenters. The lowest BCUT2D eigenvalue weighted by Gasteiger charge is -2.39. The molecule has 0 aliphatic carbocycles. The van der Waals surface area contributed by atoms with Gasteiger partial charge in [0.2, 0.25) is 5.91 Å². The van der Waals surface area contributed by atoms with Crippen LogP contribution in [0, 0.1) is 0 Å². The number of likely N-dealkylation sites (N-methyl/N-ethyl adjacent to an activating group) is 1. The minimum atomic E-state index is -0.693. The maximum atomic E-state index is 13.7. The van der Waals surface area contributed by atoms with Crippen molar-refractivity contribution in [3.63, 3.8) is 0 Å². The predicted octanol–water partition coefficient (Wildman–Crippen LogP) is 4.98. The number of rotatable bonds is 6. The van der Waals surface area contributed by atoms with Crippen LogP contribution in [0.2, 0.25) is 5.02 Å². The van der Waals surface area contributed by atoms with E-state index in [2.05, 4.69) is 5.32 Å². The first-order valence-corrected chi connectivity index (χ1v) is 11.4. The van der Waals surface area contributed by atoms with E-state index in [-0.39, 0.29) is 11.8 Å². The summed E-state index contributed by atoms with van der Waals surface area (Å²) in [7, 11) is 6.26. The van der Waals surface area contributed by atoms with E-state index in [1.807, 2.05) is 17.5 Å². The summed E-state index contributed by atoms with van der Waals surface area (Å²) in [6.45, 7) is 0. The topological polar surface area (TPSA) is 77.1 Å². The van der Waals surface area contributed by atoms with Crippen LogP contribution in [-0.4, -0.2) is 45.1 Å². The molecule has 1 N–H and O–H groups in total. The Hall–Kier alpha value is -3.23. The number of benzene rings is 2. The monoisotopic (exact) mass is 486 g/mol. The predicted molar refractivity (Wildman–Crippen MR) is 128 cm³/mol. The van der Waals surface area contributed by atoms with E-state index in [1.165, 1.54) is 32.7 Å². The van der Waals surface area contributed by atoms with Crippen LogP contribution >= 0.6 is 22.9 Å². The summed E-state index contributed by atoms with van der Waals surface area (Å²) in [5.74, 6) is 0.221. The highest BCUT2D eigenvalue weighted by molar-refractivity contribution is 7.10. The van der Waals surface area contributed by atoms with Crippen molar-refractivity contribution in [2.45, 2.75) is 12.0 Å². The lowest BCUT2D eigenvalue weighted by atomic mass is 9.81. The molecule has 9 heteroatoms. The van der Waals surface area contributed by atoms with E-state index in [9.17, 15) is 9.59 Å². The van der Waals surface area contributed by atoms with E-state index in [0.29, 0.717) is 39.1 Å². The fraction of sp³-hybridized carbons (Fsp3) is 0.250. The van der Waals surface area contributed by atoms with Crippen molar-refractivity contribution in [1.29, 1.82) is 0 Å². The van der Waals surface area contributed by atoms with Crippen LogP contribution in [0.3, 0.4) is 0 Å². The number of carbonyl (C=O) groups excluding carboxylic acids is 2. The van der Waals surface area contributed by atoms with E-state index < -0.39 is 12.0 Å². The molecule has 2 amide bonds. The molecule has 0 saturated heterocycles. The molecule has 7 nitrogen and oxygen atoms in total. The fourth-order valence-electron chi connectivity index (χ4n) is 4.11. The molecular formula is C24H23ClN2O5S. The second kappa shape index (κ2) is 9.33. The smallest absolute Gasteiger partial charge is 0.254 e. The number of nitrogens with one attached hydrogen (secondary N) is 1. The Kier molecular flexibility index (Phi) is 6.49. The van der Waals surface area contributed by atoms with Crippen molar-refractivity contribution in [2.24, 2.45) is 0 Å². The van der Waals surface area contributed by atoms with Gasteiger partial charge >= 0.3 is 0 Å². The van der Waals surface area contributed by atoms with Gasteiger partial charge in [-0.2, -0.15) is 0 Å². The number of methoxy groups -OCH3 is 3. The lowest BCUT2D eigenvalue weighted by Crippen LogP contribution is -2.43. The number of thiophene rings is 1. The second-order valence-electron chi connectivity index (χ2n) is 7.49. The van der Waals surface area contributed by atoms with Gasteiger partial charge in [0.25, 0.3) is 5.91 Å². The molecule has 172 valence electrons. The van der Waals surface area contributed by atoms with Gasteiger partial charge in [0.15, 0.2) is 11.5 Å². The Morgan fingerprint density at radius 2 is 1.73 bits per heavy atom. The number of ether oxygens (including phenoxy) is 3. The molecule has 0 spiro atoms. The van der Waals surface area contributed by atoms with Crippen LogP contribution in [0.25, 0.3) is 0 Å². The summed E-state index contributed by atoms with van der Waals surface area (Å²) in [4.78, 5) is 29.5. The van der Waals surface area contributed by atoms with Gasteiger partial charge in [-0.3, -0.25) is 9.59 Å². The van der Waals surface area contributed by atoms with Gasteiger partial charge < -0.3 is 24.4 Å². The first-order chi connectivity index (χ1) is 15.9. The van der Waals surface area contributed by atoms with Gasteiger partial charge in [-0.25, -0.2) is 0 Å². The highest BCUT2D eigenvalue weighted by atomic mass is 35.5. The van der Waals surface area contributed by atoms with E-state index >= 15 is 0 Å². The first-order valence-electron chi connectivity index (χ1n) is 10.1. The number of anilines is 1. The van der Waals surface area contributed by atoms with E-state index in [1.54, 1.807) is 42.3 Å². The standard InChI is InChI=1S/C24H23ClN2O5S/c1-27-22(20-6-5-9-33-20)21(23(28)26-13-7-8-17(30-2)16(25)10-13)14-11-18(31-3)19(32-4)12-15(14)24(27)29/h5-12,21-22H,1-4H3,(H,26,28). The SMILES string of the molecule is COc1ccc(NC(=O)C2c3cc(OC)c(OC)cc3C(=O)N(C)C2c2cccs2)cc1Cl. The molecule has 1 aliphatic heterocycles. The molecule has 2 heterocycles. The Labute approximate surface area is 200 Å². The van der Waals surface area contributed by atoms with Crippen LogP contribution in [0.15, 0.2) is 47.8 Å². The Balaban J connectivity index is 1.83. The molecule has 3 aromatic rings. The summed E-state index contributed by atoms with van der Waals surface area (Å²) in [5.41, 5.74) is 1.50. The third-order valence-electron chi connectivity index (χ3n) is 5.71. The number of amides is 2. The normalized spacial score (nSPS) is 17.4. The van der Waals surface area contributed by atoms with Crippen LogP contribution in [-0.2, 0) is 4.79 Å². The number of hydrogen-bond acceptors (Lipinski definition) is 6. The van der Waals surface area contributed by atoms with Crippen molar-refractivity contribution in [1.82, 2.24) is 4.90 Å². The Bertz CT molecular complexity index is 1200. The summed E-state index contributed by atoms with van der Waals surface area (Å²) in [5, 5.41) is 5.26. The molecule has 0 saturated carbocycles. The zero-order chi connectivity index (χ0) is 23.7. The largest absolute Gasteiger partial charge is 0.495 e. The van der Waals surface area contributed by atoms with Crippen LogP contribution < -0.4 is 19.5 Å². The second-order valence-corrected chi connectivity index (χ2v) is 8.87. The summed E-state index contributed by atoms with van der Waals surface area (Å²) < 4.78 is 16.1. The van der Waals surface area contributed by atoms with E-state index in [4.69, 9.17) is 25.8 Å². The van der Waals surface area contributed by atoms with Crippen molar-refractivity contribution in [2.75, 3.05) is 33.7 Å². The molecule has 0 radical (unpaired) electrons. The number of hydrogen-bond donors (Lipinski definition) is 1. The van der Waals surface area contributed by atoms with E-state index in [0.717, 1.165) is 4.88 Å². The minimum absolute atomic E-state index is 0.194. The van der Waals surface area contributed by atoms with Crippen molar-refractivity contribution in [3.05, 3.63) is 68.9 Å². The summed E-state index contributed by atoms with van der Waals surface area (Å²) in [6, 6.07) is 11.7. The van der Waals surface area contributed by atoms with Crippen LogP contribution in [0.5, 0.6) is 17.2 Å². The lowest BCUT2D eigenvalue weighted by molar-refractivity contribution is -0.119. The number of nitrogens with zero attached hydrogens (tertiary/aromatic N) is 1. The molecule has 4 rings (SSSR count). The van der Waals surface area contributed by atoms with Crippen LogP contribution in [0.1, 0.15) is 32.8 Å². The van der Waals surface area contributed by atoms with Gasteiger partial charge in [-0.05, 0) is 47.3 Å². The molecule has 0 bridgehead atoms.